The average molecular weight is 304 g/mol. The van der Waals surface area contributed by atoms with E-state index in [-0.39, 0.29) is 18.9 Å². The van der Waals surface area contributed by atoms with Crippen molar-refractivity contribution in [2.24, 2.45) is 22.2 Å². The highest BCUT2D eigenvalue weighted by atomic mass is 16.6. The minimum atomic E-state index is -2.59. The first-order valence-electron chi connectivity index (χ1n) is 5.85. The molecular formula is C10H16N4O7. The molecule has 0 aromatic rings. The molecule has 0 bridgehead atoms. The number of rotatable bonds is 4. The van der Waals surface area contributed by atoms with E-state index in [0.717, 1.165) is 0 Å². The number of carboxylic acids is 1. The fraction of sp³-hybridized carbons (Fsp3) is 0.600. The third-order valence-corrected chi connectivity index (χ3v) is 2.67. The number of esters is 2. The van der Waals surface area contributed by atoms with Gasteiger partial charge in [-0.2, -0.15) is 0 Å². The molecule has 0 radical (unpaired) electrons. The van der Waals surface area contributed by atoms with Crippen LogP contribution in [0.25, 0.3) is 0 Å². The van der Waals surface area contributed by atoms with E-state index in [9.17, 15) is 19.5 Å². The number of aliphatic imine (C=N–C) groups is 1. The Morgan fingerprint density at radius 2 is 2.05 bits per heavy atom. The van der Waals surface area contributed by atoms with Crippen molar-refractivity contribution in [3.8, 4) is 0 Å². The number of ether oxygens (including phenoxy) is 2. The van der Waals surface area contributed by atoms with Crippen molar-refractivity contribution in [2.75, 3.05) is 6.54 Å². The highest BCUT2D eigenvalue weighted by molar-refractivity contribution is 5.87. The van der Waals surface area contributed by atoms with Gasteiger partial charge >= 0.3 is 17.9 Å². The van der Waals surface area contributed by atoms with Crippen LogP contribution in [0, 0.1) is 0 Å². The summed E-state index contributed by atoms with van der Waals surface area (Å²) in [6.45, 7) is -0.125. The maximum Gasteiger partial charge on any atom is 0.367 e. The first-order chi connectivity index (χ1) is 9.66. The van der Waals surface area contributed by atoms with Crippen LogP contribution in [-0.4, -0.2) is 58.6 Å². The van der Waals surface area contributed by atoms with E-state index in [1.54, 1.807) is 0 Å². The van der Waals surface area contributed by atoms with Crippen LogP contribution >= 0.6 is 0 Å². The van der Waals surface area contributed by atoms with E-state index >= 15 is 0 Å². The van der Waals surface area contributed by atoms with Gasteiger partial charge in [-0.25, -0.2) is 9.59 Å². The summed E-state index contributed by atoms with van der Waals surface area (Å²) in [7, 11) is 0. The molecule has 1 rings (SSSR count). The number of hydrogen-bond acceptors (Lipinski definition) is 8. The Hall–Kier alpha value is -2.40. The molecule has 1 heterocycles. The van der Waals surface area contributed by atoms with E-state index in [1.807, 2.05) is 0 Å². The normalized spacial score (nSPS) is 29.6. The Morgan fingerprint density at radius 3 is 2.57 bits per heavy atom. The second kappa shape index (κ2) is 6.37. The molecule has 0 spiro atoms. The standard InChI is InChI=1S/C10H16N4O7/c11-9(12)14-2-1-5-10(13,8(18)19)21-6(16)3-4(15)7(17)20-5/h4-5,15H,1-3,13H2,(H,18,19)(H4,11,12,14). The Kier molecular flexibility index (Phi) is 5.05. The lowest BCUT2D eigenvalue weighted by Gasteiger charge is -2.34. The number of aliphatic hydroxyl groups is 1. The molecule has 1 saturated heterocycles. The summed E-state index contributed by atoms with van der Waals surface area (Å²) in [6.07, 6.45) is -4.32. The zero-order chi connectivity index (χ0) is 16.2. The van der Waals surface area contributed by atoms with Crippen molar-refractivity contribution in [1.82, 2.24) is 0 Å². The molecule has 1 aliphatic heterocycles. The number of nitrogens with zero attached hydrogens (tertiary/aromatic N) is 1. The second-order valence-electron chi connectivity index (χ2n) is 4.31. The first-order valence-corrected chi connectivity index (χ1v) is 5.85. The maximum absolute atomic E-state index is 11.5. The van der Waals surface area contributed by atoms with Crippen LogP contribution in [0.5, 0.6) is 0 Å². The number of aliphatic hydroxyl groups excluding tert-OH is 1. The molecule has 1 fully saturated rings. The van der Waals surface area contributed by atoms with Crippen molar-refractivity contribution in [3.63, 3.8) is 0 Å². The van der Waals surface area contributed by atoms with Crippen LogP contribution < -0.4 is 17.2 Å². The van der Waals surface area contributed by atoms with Crippen molar-refractivity contribution in [2.45, 2.75) is 30.8 Å². The monoisotopic (exact) mass is 304 g/mol. The van der Waals surface area contributed by atoms with Crippen molar-refractivity contribution >= 4 is 23.9 Å². The lowest BCUT2D eigenvalue weighted by atomic mass is 10.0. The van der Waals surface area contributed by atoms with Crippen LogP contribution in [0.2, 0.25) is 0 Å². The van der Waals surface area contributed by atoms with Gasteiger partial charge in [-0.1, -0.05) is 0 Å². The number of carboxylic acid groups (broad SMARTS) is 1. The predicted octanol–water partition coefficient (Wildman–Crippen LogP) is -3.39. The zero-order valence-corrected chi connectivity index (χ0v) is 10.9. The molecule has 0 aromatic carbocycles. The smallest absolute Gasteiger partial charge is 0.367 e. The van der Waals surface area contributed by atoms with Gasteiger partial charge in [-0.15, -0.1) is 0 Å². The lowest BCUT2D eigenvalue weighted by Crippen LogP contribution is -2.63. The van der Waals surface area contributed by atoms with Gasteiger partial charge in [0.2, 0.25) is 0 Å². The first kappa shape index (κ1) is 16.7. The average Bonchev–Trinajstić information content (AvgIpc) is 2.35. The highest BCUT2D eigenvalue weighted by Crippen LogP contribution is 2.22. The molecule has 21 heavy (non-hydrogen) atoms. The lowest BCUT2D eigenvalue weighted by molar-refractivity contribution is -0.210. The van der Waals surface area contributed by atoms with E-state index in [1.165, 1.54) is 0 Å². The predicted molar refractivity (Wildman–Crippen MR) is 66.4 cm³/mol. The molecule has 3 atom stereocenters. The van der Waals surface area contributed by atoms with E-state index in [0.29, 0.717) is 0 Å². The van der Waals surface area contributed by atoms with Gasteiger partial charge in [-0.05, 0) is 0 Å². The van der Waals surface area contributed by atoms with Gasteiger partial charge in [0.1, 0.15) is 0 Å². The largest absolute Gasteiger partial charge is 0.477 e. The van der Waals surface area contributed by atoms with Crippen LogP contribution in [-0.2, 0) is 23.9 Å². The Balaban J connectivity index is 3.03. The summed E-state index contributed by atoms with van der Waals surface area (Å²) in [6, 6.07) is 0. The number of aliphatic carboxylic acids is 1. The maximum atomic E-state index is 11.5. The number of cyclic esters (lactones) is 2. The van der Waals surface area contributed by atoms with Crippen molar-refractivity contribution < 1.29 is 34.1 Å². The Labute approximate surface area is 118 Å². The SMILES string of the molecule is NC(N)=NCCC1OC(=O)C(O)CC(=O)OC1(N)C(=O)O. The summed E-state index contributed by atoms with van der Waals surface area (Å²) in [5, 5.41) is 18.5. The third-order valence-electron chi connectivity index (χ3n) is 2.67. The van der Waals surface area contributed by atoms with Crippen LogP contribution in [0.4, 0.5) is 0 Å². The summed E-state index contributed by atoms with van der Waals surface area (Å²) in [5.74, 6) is -4.30. The van der Waals surface area contributed by atoms with E-state index < -0.39 is 42.3 Å². The number of nitrogens with two attached hydrogens (primary N) is 3. The molecule has 3 unspecified atom stereocenters. The second-order valence-corrected chi connectivity index (χ2v) is 4.31. The van der Waals surface area contributed by atoms with Crippen molar-refractivity contribution in [1.29, 1.82) is 0 Å². The highest BCUT2D eigenvalue weighted by Gasteiger charge is 2.51. The number of hydrogen-bond donors (Lipinski definition) is 5. The number of guanidine groups is 1. The summed E-state index contributed by atoms with van der Waals surface area (Å²) >= 11 is 0. The minimum absolute atomic E-state index is 0.125. The summed E-state index contributed by atoms with van der Waals surface area (Å²) in [4.78, 5) is 37.8. The molecule has 0 aliphatic carbocycles. The zero-order valence-electron chi connectivity index (χ0n) is 10.9. The van der Waals surface area contributed by atoms with Crippen molar-refractivity contribution in [3.05, 3.63) is 0 Å². The van der Waals surface area contributed by atoms with Gasteiger partial charge in [-0.3, -0.25) is 15.5 Å². The molecule has 8 N–H and O–H groups in total. The molecule has 11 heteroatoms. The summed E-state index contributed by atoms with van der Waals surface area (Å²) in [5.41, 5.74) is 13.1. The molecule has 0 amide bonds. The van der Waals surface area contributed by atoms with Crippen LogP contribution in [0.3, 0.4) is 0 Å². The van der Waals surface area contributed by atoms with Gasteiger partial charge in [0, 0.05) is 13.0 Å². The van der Waals surface area contributed by atoms with Gasteiger partial charge in [0.15, 0.2) is 18.2 Å². The van der Waals surface area contributed by atoms with Gasteiger partial charge in [0.05, 0.1) is 6.42 Å². The number of carbonyl (C=O) groups excluding carboxylic acids is 2. The molecule has 1 aliphatic rings. The van der Waals surface area contributed by atoms with Gasteiger partial charge in [0.25, 0.3) is 5.72 Å². The Morgan fingerprint density at radius 1 is 1.43 bits per heavy atom. The third kappa shape index (κ3) is 4.03. The molecule has 0 saturated carbocycles. The van der Waals surface area contributed by atoms with Crippen LogP contribution in [0.1, 0.15) is 12.8 Å². The van der Waals surface area contributed by atoms with E-state index in [4.69, 9.17) is 27.0 Å². The van der Waals surface area contributed by atoms with Gasteiger partial charge < -0.3 is 31.2 Å². The topological polar surface area (TPSA) is 201 Å². The fourth-order valence-electron chi connectivity index (χ4n) is 1.61. The quantitative estimate of drug-likeness (QED) is 0.198. The minimum Gasteiger partial charge on any atom is -0.477 e. The number of carbonyl (C=O) groups is 3. The van der Waals surface area contributed by atoms with E-state index in [2.05, 4.69) is 9.73 Å². The molecule has 118 valence electrons. The van der Waals surface area contributed by atoms with Crippen LogP contribution in [0.15, 0.2) is 4.99 Å². The Bertz CT molecular complexity index is 476. The molecule has 11 nitrogen and oxygen atoms in total. The summed E-state index contributed by atoms with van der Waals surface area (Å²) < 4.78 is 9.41. The fourth-order valence-corrected chi connectivity index (χ4v) is 1.61. The molecule has 0 aromatic heterocycles. The molecular weight excluding hydrogens is 288 g/mol.